The summed E-state index contributed by atoms with van der Waals surface area (Å²) in [4.78, 5) is 32.5. The molecule has 8 heteroatoms. The maximum Gasteiger partial charge on any atom is 0.338 e. The highest BCUT2D eigenvalue weighted by Gasteiger charge is 2.36. The summed E-state index contributed by atoms with van der Waals surface area (Å²) in [6.45, 7) is 6.26. The van der Waals surface area contributed by atoms with Crippen LogP contribution in [0.25, 0.3) is 16.8 Å². The lowest BCUT2D eigenvalue weighted by Crippen LogP contribution is -2.40. The molecular weight excluding hydrogens is 500 g/mol. The van der Waals surface area contributed by atoms with E-state index in [4.69, 9.17) is 14.2 Å². The molecule has 0 radical (unpaired) electrons. The smallest absolute Gasteiger partial charge is 0.338 e. The molecule has 194 valence electrons. The van der Waals surface area contributed by atoms with Crippen LogP contribution in [0.2, 0.25) is 0 Å². The first-order valence-electron chi connectivity index (χ1n) is 12.4. The van der Waals surface area contributed by atoms with Crippen LogP contribution in [0.15, 0.2) is 81.7 Å². The van der Waals surface area contributed by atoms with Crippen LogP contribution in [-0.4, -0.2) is 30.9 Å². The summed E-state index contributed by atoms with van der Waals surface area (Å²) < 4.78 is 18.9. The Bertz CT molecular complexity index is 1730. The number of methoxy groups -OCH3 is 1. The van der Waals surface area contributed by atoms with E-state index >= 15 is 0 Å². The van der Waals surface area contributed by atoms with Crippen LogP contribution < -0.4 is 24.4 Å². The van der Waals surface area contributed by atoms with E-state index in [1.165, 1.54) is 11.3 Å². The molecule has 4 aromatic rings. The van der Waals surface area contributed by atoms with E-state index in [0.29, 0.717) is 33.0 Å². The Labute approximate surface area is 223 Å². The largest absolute Gasteiger partial charge is 0.496 e. The number of aromatic nitrogens is 1. The first-order valence-corrected chi connectivity index (χ1v) is 13.3. The minimum atomic E-state index is -0.770. The molecule has 0 saturated carbocycles. The third-order valence-electron chi connectivity index (χ3n) is 6.43. The average molecular weight is 529 g/mol. The van der Waals surface area contributed by atoms with E-state index in [9.17, 15) is 9.59 Å². The van der Waals surface area contributed by atoms with Gasteiger partial charge in [-0.2, -0.15) is 0 Å². The van der Waals surface area contributed by atoms with Gasteiger partial charge in [-0.3, -0.25) is 9.36 Å². The monoisotopic (exact) mass is 528 g/mol. The lowest BCUT2D eigenvalue weighted by Gasteiger charge is -2.27. The van der Waals surface area contributed by atoms with Crippen molar-refractivity contribution in [1.82, 2.24) is 4.57 Å². The topological polar surface area (TPSA) is 79.1 Å². The lowest BCUT2D eigenvalue weighted by atomic mass is 9.90. The van der Waals surface area contributed by atoms with Gasteiger partial charge in [0.1, 0.15) is 17.5 Å². The van der Waals surface area contributed by atoms with Crippen molar-refractivity contribution in [2.75, 3.05) is 20.3 Å². The number of benzene rings is 3. The molecule has 1 aliphatic heterocycles. The van der Waals surface area contributed by atoms with Crippen molar-refractivity contribution >= 4 is 34.2 Å². The highest BCUT2D eigenvalue weighted by atomic mass is 32.1. The molecular formula is C30H28N2O5S. The highest BCUT2D eigenvalue weighted by Crippen LogP contribution is 2.40. The number of fused-ring (bicyclic) bond motifs is 2. The molecule has 0 aliphatic carbocycles. The molecule has 38 heavy (non-hydrogen) atoms. The van der Waals surface area contributed by atoms with Crippen LogP contribution in [0.1, 0.15) is 37.9 Å². The average Bonchev–Trinajstić information content (AvgIpc) is 3.22. The van der Waals surface area contributed by atoms with E-state index in [2.05, 4.69) is 4.99 Å². The van der Waals surface area contributed by atoms with Crippen molar-refractivity contribution in [3.05, 3.63) is 103 Å². The van der Waals surface area contributed by atoms with E-state index in [0.717, 1.165) is 27.6 Å². The summed E-state index contributed by atoms with van der Waals surface area (Å²) in [7, 11) is 1.59. The Balaban J connectivity index is 1.78. The third kappa shape index (κ3) is 4.52. The van der Waals surface area contributed by atoms with Crippen molar-refractivity contribution in [3.63, 3.8) is 0 Å². The first-order chi connectivity index (χ1) is 18.5. The Morgan fingerprint density at radius 3 is 2.53 bits per heavy atom. The van der Waals surface area contributed by atoms with Crippen LogP contribution in [-0.2, 0) is 9.53 Å². The van der Waals surface area contributed by atoms with Gasteiger partial charge >= 0.3 is 5.97 Å². The Morgan fingerprint density at radius 1 is 1.05 bits per heavy atom. The molecule has 3 aromatic carbocycles. The Morgan fingerprint density at radius 2 is 1.82 bits per heavy atom. The standard InChI is InChI=1S/C30H28N2O5S/c1-5-36-21-14-11-19(12-15-21)17-24-28(33)32-27(25(29(34)37-6-2)18(3)31-30(32)38-24)26-22-10-8-7-9-20(22)13-16-23(26)35-4/h7-17,27H,5-6H2,1-4H3/b24-17+/t27-/m1/s1. The van der Waals surface area contributed by atoms with Crippen LogP contribution in [0.3, 0.4) is 0 Å². The summed E-state index contributed by atoms with van der Waals surface area (Å²) in [5, 5.41) is 1.85. The van der Waals surface area contributed by atoms with Crippen molar-refractivity contribution in [2.24, 2.45) is 4.99 Å². The molecule has 0 saturated heterocycles. The number of carbonyl (C=O) groups is 1. The second kappa shape index (κ2) is 10.7. The summed E-state index contributed by atoms with van der Waals surface area (Å²) in [5.74, 6) is 0.838. The first kappa shape index (κ1) is 25.5. The van der Waals surface area contributed by atoms with Gasteiger partial charge in [0.05, 0.1) is 36.1 Å². The lowest BCUT2D eigenvalue weighted by molar-refractivity contribution is -0.139. The molecule has 0 unspecified atom stereocenters. The predicted octanol–water partition coefficient (Wildman–Crippen LogP) is 4.36. The van der Waals surface area contributed by atoms with Crippen molar-refractivity contribution in [2.45, 2.75) is 26.8 Å². The SMILES string of the molecule is CCOC(=O)C1=C(C)N=c2s/c(=C/c3ccc(OCC)cc3)c(=O)n2[C@H]1c1c(OC)ccc2ccccc12. The van der Waals surface area contributed by atoms with Crippen LogP contribution >= 0.6 is 11.3 Å². The fraction of sp³-hybridized carbons (Fsp3) is 0.233. The zero-order chi connectivity index (χ0) is 26.8. The summed E-state index contributed by atoms with van der Waals surface area (Å²) >= 11 is 1.29. The van der Waals surface area contributed by atoms with Gasteiger partial charge in [0.25, 0.3) is 5.56 Å². The number of ether oxygens (including phenoxy) is 3. The molecule has 1 atom stereocenters. The third-order valence-corrected chi connectivity index (χ3v) is 7.41. The zero-order valence-electron chi connectivity index (χ0n) is 21.7. The van der Waals surface area contributed by atoms with Crippen LogP contribution in [0.5, 0.6) is 11.5 Å². The maximum atomic E-state index is 14.0. The molecule has 1 aromatic heterocycles. The van der Waals surface area contributed by atoms with Crippen molar-refractivity contribution in [1.29, 1.82) is 0 Å². The highest BCUT2D eigenvalue weighted by molar-refractivity contribution is 7.07. The van der Waals surface area contributed by atoms with Crippen LogP contribution in [0, 0.1) is 0 Å². The maximum absolute atomic E-state index is 14.0. The molecule has 1 aliphatic rings. The number of esters is 1. The molecule has 0 fully saturated rings. The fourth-order valence-electron chi connectivity index (χ4n) is 4.78. The number of carbonyl (C=O) groups excluding carboxylic acids is 1. The van der Waals surface area contributed by atoms with Crippen LogP contribution in [0.4, 0.5) is 0 Å². The van der Waals surface area contributed by atoms with Gasteiger partial charge in [0, 0.05) is 5.56 Å². The second-order valence-electron chi connectivity index (χ2n) is 8.71. The normalized spacial score (nSPS) is 15.3. The van der Waals surface area contributed by atoms with E-state index in [-0.39, 0.29) is 12.2 Å². The summed E-state index contributed by atoms with van der Waals surface area (Å²) in [6, 6.07) is 18.5. The molecule has 0 bridgehead atoms. The minimum absolute atomic E-state index is 0.206. The quantitative estimate of drug-likeness (QED) is 0.333. The predicted molar refractivity (Wildman–Crippen MR) is 149 cm³/mol. The Hall–Kier alpha value is -4.17. The van der Waals surface area contributed by atoms with Gasteiger partial charge in [0.15, 0.2) is 4.80 Å². The summed E-state index contributed by atoms with van der Waals surface area (Å²) in [6.07, 6.45) is 1.83. The van der Waals surface area contributed by atoms with Gasteiger partial charge in [-0.15, -0.1) is 0 Å². The van der Waals surface area contributed by atoms with Gasteiger partial charge < -0.3 is 14.2 Å². The molecule has 7 nitrogen and oxygen atoms in total. The Kier molecular flexibility index (Phi) is 7.15. The number of hydrogen-bond acceptors (Lipinski definition) is 7. The zero-order valence-corrected chi connectivity index (χ0v) is 22.5. The summed E-state index contributed by atoms with van der Waals surface area (Å²) in [5.41, 5.74) is 2.17. The fourth-order valence-corrected chi connectivity index (χ4v) is 5.83. The molecule has 2 heterocycles. The number of nitrogens with zero attached hydrogens (tertiary/aromatic N) is 2. The van der Waals surface area contributed by atoms with E-state index < -0.39 is 12.0 Å². The van der Waals surface area contributed by atoms with Crippen molar-refractivity contribution in [3.8, 4) is 11.5 Å². The number of allylic oxidation sites excluding steroid dienone is 1. The van der Waals surface area contributed by atoms with E-state index in [1.807, 2.05) is 73.7 Å². The van der Waals surface area contributed by atoms with Gasteiger partial charge in [-0.25, -0.2) is 9.79 Å². The minimum Gasteiger partial charge on any atom is -0.496 e. The molecule has 5 rings (SSSR count). The van der Waals surface area contributed by atoms with Gasteiger partial charge in [-0.05, 0) is 61.4 Å². The number of thiazole rings is 1. The van der Waals surface area contributed by atoms with Gasteiger partial charge in [-0.1, -0.05) is 53.8 Å². The van der Waals surface area contributed by atoms with Gasteiger partial charge in [0.2, 0.25) is 0 Å². The molecule has 0 N–H and O–H groups in total. The van der Waals surface area contributed by atoms with E-state index in [1.54, 1.807) is 25.5 Å². The number of rotatable bonds is 7. The molecule has 0 amide bonds. The molecule has 0 spiro atoms. The number of hydrogen-bond donors (Lipinski definition) is 0. The second-order valence-corrected chi connectivity index (χ2v) is 9.72. The van der Waals surface area contributed by atoms with Crippen molar-refractivity contribution < 1.29 is 19.0 Å².